The first kappa shape index (κ1) is 7.62. The Kier molecular flexibility index (Phi) is 2.12. The lowest BCUT2D eigenvalue weighted by atomic mass is 10.5. The minimum Gasteiger partial charge on any atom is -0.281 e. The van der Waals surface area contributed by atoms with Gasteiger partial charge in [0.1, 0.15) is 12.0 Å². The number of hydroxylamine groups is 1. The summed E-state index contributed by atoms with van der Waals surface area (Å²) in [6.07, 6.45) is 4.00. The number of aromatic nitrogens is 2. The van der Waals surface area contributed by atoms with Gasteiger partial charge in [-0.25, -0.2) is 9.97 Å². The number of anilines is 1. The Balaban J connectivity index is 2.85. The summed E-state index contributed by atoms with van der Waals surface area (Å²) in [6.45, 7) is 1.24. The molecule has 11 heavy (non-hydrogen) atoms. The zero-order valence-corrected chi connectivity index (χ0v) is 5.93. The zero-order valence-electron chi connectivity index (χ0n) is 5.93. The number of hydrogen-bond donors (Lipinski definition) is 1. The van der Waals surface area contributed by atoms with Gasteiger partial charge in [0.05, 0.1) is 12.4 Å². The number of hydrogen-bond acceptors (Lipinski definition) is 4. The van der Waals surface area contributed by atoms with Crippen LogP contribution in [-0.2, 0) is 4.79 Å². The highest BCUT2D eigenvalue weighted by molar-refractivity contribution is 5.88. The van der Waals surface area contributed by atoms with E-state index in [4.69, 9.17) is 5.21 Å². The highest BCUT2D eigenvalue weighted by Crippen LogP contribution is 2.06. The van der Waals surface area contributed by atoms with Crippen molar-refractivity contribution < 1.29 is 10.0 Å². The Morgan fingerprint density at radius 1 is 1.55 bits per heavy atom. The summed E-state index contributed by atoms with van der Waals surface area (Å²) in [6, 6.07) is 0. The van der Waals surface area contributed by atoms with E-state index in [1.165, 1.54) is 25.6 Å². The van der Waals surface area contributed by atoms with Crippen LogP contribution in [-0.4, -0.2) is 21.1 Å². The van der Waals surface area contributed by atoms with Gasteiger partial charge in [0.2, 0.25) is 5.91 Å². The van der Waals surface area contributed by atoms with Crippen LogP contribution in [0.4, 0.5) is 5.69 Å². The standard InChI is InChI=1S/C6H7N3O2/c1-5(10)9(11)6-2-7-4-8-3-6/h2-4,11H,1H3. The van der Waals surface area contributed by atoms with E-state index in [2.05, 4.69) is 9.97 Å². The van der Waals surface area contributed by atoms with Gasteiger partial charge in [0, 0.05) is 6.92 Å². The van der Waals surface area contributed by atoms with Gasteiger partial charge in [-0.1, -0.05) is 0 Å². The van der Waals surface area contributed by atoms with Crippen molar-refractivity contribution in [2.24, 2.45) is 0 Å². The highest BCUT2D eigenvalue weighted by atomic mass is 16.5. The SMILES string of the molecule is CC(=O)N(O)c1cncnc1. The second kappa shape index (κ2) is 3.07. The molecule has 1 N–H and O–H groups in total. The molecule has 0 aliphatic heterocycles. The fourth-order valence-electron chi connectivity index (χ4n) is 0.582. The molecular formula is C6H7N3O2. The van der Waals surface area contributed by atoms with Gasteiger partial charge in [-0.05, 0) is 0 Å². The average Bonchev–Trinajstić information content (AvgIpc) is 2.05. The smallest absolute Gasteiger partial charge is 0.247 e. The first-order chi connectivity index (χ1) is 5.22. The van der Waals surface area contributed by atoms with Crippen LogP contribution < -0.4 is 5.06 Å². The third-order valence-electron chi connectivity index (χ3n) is 1.09. The number of amides is 1. The van der Waals surface area contributed by atoms with Crippen molar-refractivity contribution in [1.82, 2.24) is 9.97 Å². The van der Waals surface area contributed by atoms with Gasteiger partial charge in [0.15, 0.2) is 0 Å². The van der Waals surface area contributed by atoms with Gasteiger partial charge in [-0.2, -0.15) is 5.06 Å². The molecule has 1 aromatic heterocycles. The van der Waals surface area contributed by atoms with Gasteiger partial charge < -0.3 is 0 Å². The predicted octanol–water partition coefficient (Wildman–Crippen LogP) is 0.219. The van der Waals surface area contributed by atoms with E-state index in [1.807, 2.05) is 0 Å². The van der Waals surface area contributed by atoms with Crippen LogP contribution in [0.3, 0.4) is 0 Å². The normalized spacial score (nSPS) is 9.27. The molecule has 0 aromatic carbocycles. The fraction of sp³-hybridized carbons (Fsp3) is 0.167. The van der Waals surface area contributed by atoms with Crippen LogP contribution in [0.5, 0.6) is 0 Å². The first-order valence-corrected chi connectivity index (χ1v) is 2.96. The van der Waals surface area contributed by atoms with E-state index < -0.39 is 5.91 Å². The Labute approximate surface area is 63.3 Å². The van der Waals surface area contributed by atoms with E-state index in [0.29, 0.717) is 5.06 Å². The molecule has 0 saturated heterocycles. The molecule has 0 aliphatic rings. The Morgan fingerprint density at radius 2 is 2.09 bits per heavy atom. The second-order valence-corrected chi connectivity index (χ2v) is 1.93. The van der Waals surface area contributed by atoms with Crippen LogP contribution in [0.2, 0.25) is 0 Å². The maximum Gasteiger partial charge on any atom is 0.247 e. The van der Waals surface area contributed by atoms with Crippen molar-refractivity contribution in [2.45, 2.75) is 6.92 Å². The third-order valence-corrected chi connectivity index (χ3v) is 1.09. The monoisotopic (exact) mass is 153 g/mol. The topological polar surface area (TPSA) is 66.3 Å². The van der Waals surface area contributed by atoms with Crippen molar-refractivity contribution in [2.75, 3.05) is 5.06 Å². The zero-order chi connectivity index (χ0) is 8.27. The van der Waals surface area contributed by atoms with E-state index in [-0.39, 0.29) is 5.69 Å². The maximum atomic E-state index is 10.6. The van der Waals surface area contributed by atoms with Crippen molar-refractivity contribution in [3.63, 3.8) is 0 Å². The van der Waals surface area contributed by atoms with Crippen LogP contribution in [0, 0.1) is 0 Å². The highest BCUT2D eigenvalue weighted by Gasteiger charge is 2.06. The molecule has 1 rings (SSSR count). The Morgan fingerprint density at radius 3 is 2.55 bits per heavy atom. The number of nitrogens with zero attached hydrogens (tertiary/aromatic N) is 3. The largest absolute Gasteiger partial charge is 0.281 e. The lowest BCUT2D eigenvalue weighted by Gasteiger charge is -2.09. The molecule has 1 amide bonds. The lowest BCUT2D eigenvalue weighted by Crippen LogP contribution is -2.23. The van der Waals surface area contributed by atoms with Crippen molar-refractivity contribution in [3.8, 4) is 0 Å². The maximum absolute atomic E-state index is 10.6. The summed E-state index contributed by atoms with van der Waals surface area (Å²) in [4.78, 5) is 17.8. The molecule has 0 aliphatic carbocycles. The molecular weight excluding hydrogens is 146 g/mol. The summed E-state index contributed by atoms with van der Waals surface area (Å²) in [7, 11) is 0. The molecule has 0 atom stereocenters. The summed E-state index contributed by atoms with van der Waals surface area (Å²) >= 11 is 0. The average molecular weight is 153 g/mol. The van der Waals surface area contributed by atoms with Gasteiger partial charge in [-0.3, -0.25) is 10.0 Å². The molecule has 1 aromatic rings. The Bertz CT molecular complexity index is 249. The summed E-state index contributed by atoms with van der Waals surface area (Å²) < 4.78 is 0. The van der Waals surface area contributed by atoms with Gasteiger partial charge >= 0.3 is 0 Å². The van der Waals surface area contributed by atoms with E-state index >= 15 is 0 Å². The molecule has 5 heteroatoms. The van der Waals surface area contributed by atoms with E-state index in [9.17, 15) is 4.79 Å². The van der Waals surface area contributed by atoms with Crippen molar-refractivity contribution in [1.29, 1.82) is 0 Å². The summed E-state index contributed by atoms with van der Waals surface area (Å²) in [5, 5.41) is 9.49. The van der Waals surface area contributed by atoms with Crippen molar-refractivity contribution in [3.05, 3.63) is 18.7 Å². The van der Waals surface area contributed by atoms with Crippen molar-refractivity contribution >= 4 is 11.6 Å². The minimum atomic E-state index is -0.472. The molecule has 5 nitrogen and oxygen atoms in total. The molecule has 0 radical (unpaired) electrons. The van der Waals surface area contributed by atoms with Crippen LogP contribution in [0.1, 0.15) is 6.92 Å². The Hall–Kier alpha value is -1.49. The number of rotatable bonds is 1. The summed E-state index contributed by atoms with van der Waals surface area (Å²) in [5.41, 5.74) is 0.264. The molecule has 0 unspecified atom stereocenters. The van der Waals surface area contributed by atoms with E-state index in [1.54, 1.807) is 0 Å². The number of carbonyl (C=O) groups excluding carboxylic acids is 1. The third kappa shape index (κ3) is 1.71. The molecule has 0 saturated carbocycles. The van der Waals surface area contributed by atoms with E-state index in [0.717, 1.165) is 0 Å². The summed E-state index contributed by atoms with van der Waals surface area (Å²) in [5.74, 6) is -0.472. The van der Waals surface area contributed by atoms with Gasteiger partial charge in [-0.15, -0.1) is 0 Å². The first-order valence-electron chi connectivity index (χ1n) is 2.96. The molecule has 0 spiro atoms. The van der Waals surface area contributed by atoms with Crippen LogP contribution in [0.25, 0.3) is 0 Å². The van der Waals surface area contributed by atoms with Crippen LogP contribution in [0.15, 0.2) is 18.7 Å². The molecule has 0 bridgehead atoms. The molecule has 0 fully saturated rings. The van der Waals surface area contributed by atoms with Gasteiger partial charge in [0.25, 0.3) is 0 Å². The lowest BCUT2D eigenvalue weighted by molar-refractivity contribution is -0.121. The number of carbonyl (C=O) groups is 1. The molecule has 1 heterocycles. The van der Waals surface area contributed by atoms with Crippen LogP contribution >= 0.6 is 0 Å². The minimum absolute atomic E-state index is 0.264. The fourth-order valence-corrected chi connectivity index (χ4v) is 0.582. The second-order valence-electron chi connectivity index (χ2n) is 1.93. The predicted molar refractivity (Wildman–Crippen MR) is 37.0 cm³/mol. The molecule has 58 valence electrons. The quantitative estimate of drug-likeness (QED) is 0.463.